The number of aliphatic hydroxyl groups is 1. The number of benzene rings is 1. The summed E-state index contributed by atoms with van der Waals surface area (Å²) in [7, 11) is 3.80. The Balaban J connectivity index is 2.24. The summed E-state index contributed by atoms with van der Waals surface area (Å²) in [5.41, 5.74) is 1.83. The van der Waals surface area contributed by atoms with Crippen molar-refractivity contribution in [1.29, 1.82) is 0 Å². The van der Waals surface area contributed by atoms with Gasteiger partial charge in [-0.05, 0) is 70.0 Å². The van der Waals surface area contributed by atoms with Gasteiger partial charge in [-0.15, -0.1) is 0 Å². The number of likely N-dealkylation sites (N-methyl/N-ethyl adjacent to an activating group) is 1. The number of unbranched alkanes of at least 4 members (excludes halogenated alkanes) is 1. The van der Waals surface area contributed by atoms with Gasteiger partial charge in [0.15, 0.2) is 0 Å². The molecule has 0 saturated carbocycles. The molecule has 30 heavy (non-hydrogen) atoms. The summed E-state index contributed by atoms with van der Waals surface area (Å²) in [5.74, 6) is 0.259. The minimum Gasteiger partial charge on any atom is -0.385 e. The molecule has 2 unspecified atom stereocenters. The molecule has 0 radical (unpaired) electrons. The van der Waals surface area contributed by atoms with Gasteiger partial charge >= 0.3 is 0 Å². The van der Waals surface area contributed by atoms with E-state index in [4.69, 9.17) is 4.74 Å². The molecule has 3 atom stereocenters. The van der Waals surface area contributed by atoms with Gasteiger partial charge in [-0.3, -0.25) is 4.90 Å². The molecule has 2 rings (SSSR count). The number of aryl methyl sites for hydroxylation is 1. The highest BCUT2D eigenvalue weighted by Gasteiger charge is 2.41. The highest BCUT2D eigenvalue weighted by Crippen LogP contribution is 2.41. The molecule has 0 amide bonds. The Hall–Kier alpha value is -0.940. The molecule has 0 bridgehead atoms. The molecular weight excluding hydrogens is 372 g/mol. The van der Waals surface area contributed by atoms with Gasteiger partial charge in [0.1, 0.15) is 0 Å². The molecule has 1 aliphatic heterocycles. The summed E-state index contributed by atoms with van der Waals surface area (Å²) < 4.78 is 5.25. The maximum Gasteiger partial charge on any atom is 0.0936 e. The molecule has 1 fully saturated rings. The summed E-state index contributed by atoms with van der Waals surface area (Å²) >= 11 is 0. The van der Waals surface area contributed by atoms with Crippen LogP contribution in [0.2, 0.25) is 0 Å². The predicted molar refractivity (Wildman–Crippen MR) is 127 cm³/mol. The van der Waals surface area contributed by atoms with Gasteiger partial charge in [-0.2, -0.15) is 0 Å². The maximum atomic E-state index is 12.1. The average Bonchev–Trinajstić information content (AvgIpc) is 2.70. The molecule has 1 aromatic rings. The van der Waals surface area contributed by atoms with Crippen LogP contribution in [0.1, 0.15) is 70.4 Å². The van der Waals surface area contributed by atoms with Crippen molar-refractivity contribution < 1.29 is 9.84 Å². The highest BCUT2D eigenvalue weighted by molar-refractivity contribution is 5.28. The second-order valence-corrected chi connectivity index (χ2v) is 10.6. The van der Waals surface area contributed by atoms with Crippen LogP contribution in [-0.2, 0) is 10.3 Å². The van der Waals surface area contributed by atoms with E-state index in [1.807, 2.05) is 0 Å². The zero-order valence-corrected chi connectivity index (χ0v) is 20.3. The van der Waals surface area contributed by atoms with Crippen LogP contribution in [-0.4, -0.2) is 56.4 Å². The lowest BCUT2D eigenvalue weighted by molar-refractivity contribution is -0.0695. The quantitative estimate of drug-likeness (QED) is 0.510. The van der Waals surface area contributed by atoms with Crippen molar-refractivity contribution in [2.75, 3.05) is 40.4 Å². The minimum atomic E-state index is -0.773. The summed E-state index contributed by atoms with van der Waals surface area (Å²) in [6.07, 6.45) is 6.18. The van der Waals surface area contributed by atoms with Crippen molar-refractivity contribution in [2.45, 2.75) is 77.9 Å². The van der Waals surface area contributed by atoms with E-state index in [1.165, 1.54) is 5.56 Å². The van der Waals surface area contributed by atoms with Crippen LogP contribution in [0.25, 0.3) is 0 Å². The molecule has 4 nitrogen and oxygen atoms in total. The fourth-order valence-electron chi connectivity index (χ4n) is 5.14. The topological polar surface area (TPSA) is 44.7 Å². The van der Waals surface area contributed by atoms with Gasteiger partial charge in [0, 0.05) is 38.8 Å². The molecule has 4 heteroatoms. The van der Waals surface area contributed by atoms with Gasteiger partial charge in [-0.1, -0.05) is 50.6 Å². The van der Waals surface area contributed by atoms with E-state index in [0.717, 1.165) is 70.3 Å². The predicted octanol–water partition coefficient (Wildman–Crippen LogP) is 4.74. The molecular formula is C26H46N2O2. The Kier molecular flexibility index (Phi) is 9.80. The Labute approximate surface area is 185 Å². The van der Waals surface area contributed by atoms with Gasteiger partial charge in [0.05, 0.1) is 5.60 Å². The number of piperidine rings is 1. The first-order chi connectivity index (χ1) is 14.2. The first-order valence-electron chi connectivity index (χ1n) is 11.9. The molecule has 1 aromatic carbocycles. The van der Waals surface area contributed by atoms with Gasteiger partial charge < -0.3 is 15.2 Å². The van der Waals surface area contributed by atoms with Crippen LogP contribution in [0.5, 0.6) is 0 Å². The first-order valence-corrected chi connectivity index (χ1v) is 11.9. The smallest absolute Gasteiger partial charge is 0.0936 e. The zero-order chi connectivity index (χ0) is 22.2. The monoisotopic (exact) mass is 418 g/mol. The van der Waals surface area contributed by atoms with Gasteiger partial charge in [-0.25, -0.2) is 0 Å². The lowest BCUT2D eigenvalue weighted by atomic mass is 9.73. The molecule has 0 aromatic heterocycles. The number of hydrogen-bond donors (Lipinski definition) is 2. The number of ether oxygens (including phenoxy) is 1. The van der Waals surface area contributed by atoms with E-state index in [0.29, 0.717) is 11.5 Å². The summed E-state index contributed by atoms with van der Waals surface area (Å²) in [6, 6.07) is 9.04. The van der Waals surface area contributed by atoms with Crippen LogP contribution < -0.4 is 5.32 Å². The van der Waals surface area contributed by atoms with Crippen molar-refractivity contribution in [2.24, 2.45) is 11.3 Å². The fourth-order valence-corrected chi connectivity index (χ4v) is 5.14. The fraction of sp³-hybridized carbons (Fsp3) is 0.769. The first kappa shape index (κ1) is 25.3. The van der Waals surface area contributed by atoms with Crippen LogP contribution in [0.3, 0.4) is 0 Å². The summed E-state index contributed by atoms with van der Waals surface area (Å²) in [6.45, 7) is 13.0. The van der Waals surface area contributed by atoms with E-state index in [9.17, 15) is 5.11 Å². The molecule has 2 N–H and O–H groups in total. The van der Waals surface area contributed by atoms with E-state index >= 15 is 0 Å². The third kappa shape index (κ3) is 7.33. The van der Waals surface area contributed by atoms with Crippen molar-refractivity contribution in [1.82, 2.24) is 10.2 Å². The second kappa shape index (κ2) is 11.6. The maximum absolute atomic E-state index is 12.1. The molecule has 0 spiro atoms. The lowest BCUT2D eigenvalue weighted by Crippen LogP contribution is -2.52. The van der Waals surface area contributed by atoms with Crippen molar-refractivity contribution in [3.05, 3.63) is 35.4 Å². The number of methoxy groups -OCH3 is 1. The van der Waals surface area contributed by atoms with Crippen molar-refractivity contribution in [3.8, 4) is 0 Å². The second-order valence-electron chi connectivity index (χ2n) is 10.6. The largest absolute Gasteiger partial charge is 0.385 e. The zero-order valence-electron chi connectivity index (χ0n) is 20.3. The Morgan fingerprint density at radius 3 is 2.67 bits per heavy atom. The number of nitrogens with zero attached hydrogens (tertiary/aromatic N) is 1. The van der Waals surface area contributed by atoms with E-state index < -0.39 is 5.60 Å². The van der Waals surface area contributed by atoms with E-state index in [2.05, 4.69) is 69.2 Å². The Bertz CT molecular complexity index is 628. The third-order valence-corrected chi connectivity index (χ3v) is 6.61. The molecule has 1 aliphatic rings. The van der Waals surface area contributed by atoms with E-state index in [-0.39, 0.29) is 5.92 Å². The van der Waals surface area contributed by atoms with Crippen LogP contribution in [0, 0.1) is 18.3 Å². The van der Waals surface area contributed by atoms with Crippen LogP contribution >= 0.6 is 0 Å². The Morgan fingerprint density at radius 1 is 1.27 bits per heavy atom. The van der Waals surface area contributed by atoms with Crippen molar-refractivity contribution >= 4 is 0 Å². The normalized spacial score (nSPS) is 21.4. The van der Waals surface area contributed by atoms with Crippen molar-refractivity contribution in [3.63, 3.8) is 0 Å². The van der Waals surface area contributed by atoms with Gasteiger partial charge in [0.2, 0.25) is 0 Å². The Morgan fingerprint density at radius 2 is 2.03 bits per heavy atom. The summed E-state index contributed by atoms with van der Waals surface area (Å²) in [4.78, 5) is 2.64. The van der Waals surface area contributed by atoms with Gasteiger partial charge in [0.25, 0.3) is 0 Å². The molecule has 1 heterocycles. The lowest BCUT2D eigenvalue weighted by Gasteiger charge is -2.46. The SMILES string of the molecule is CNCC(CC(C)(C)C)N1CCCC([C@@](O)(CCCCOC)c2cccc(C)c2)C1. The summed E-state index contributed by atoms with van der Waals surface area (Å²) in [5, 5.41) is 15.5. The average molecular weight is 419 g/mol. The van der Waals surface area contributed by atoms with Crippen LogP contribution in [0.15, 0.2) is 24.3 Å². The third-order valence-electron chi connectivity index (χ3n) is 6.61. The number of hydrogen-bond acceptors (Lipinski definition) is 4. The number of likely N-dealkylation sites (tertiary alicyclic amines) is 1. The number of nitrogens with one attached hydrogen (secondary N) is 1. The van der Waals surface area contributed by atoms with E-state index in [1.54, 1.807) is 7.11 Å². The standard InChI is InChI=1S/C26H46N2O2/c1-21-11-9-12-22(17-21)26(29,14-7-8-16-30-6)23-13-10-15-28(20-23)24(19-27-5)18-25(2,3)4/h9,11-12,17,23-24,27,29H,7-8,10,13-16,18-20H2,1-6H3/t23?,24?,26-/m1/s1. The minimum absolute atomic E-state index is 0.259. The highest BCUT2D eigenvalue weighted by atomic mass is 16.5. The number of rotatable bonds is 11. The molecule has 172 valence electrons. The van der Waals surface area contributed by atoms with Crippen LogP contribution in [0.4, 0.5) is 0 Å². The molecule has 0 aliphatic carbocycles. The molecule has 1 saturated heterocycles.